The lowest BCUT2D eigenvalue weighted by atomic mass is 10.1. The third-order valence-corrected chi connectivity index (χ3v) is 4.11. The van der Waals surface area contributed by atoms with Gasteiger partial charge in [0, 0.05) is 12.6 Å². The Balaban J connectivity index is 2.04. The Morgan fingerprint density at radius 1 is 1.36 bits per heavy atom. The molecule has 1 atom stereocenters. The summed E-state index contributed by atoms with van der Waals surface area (Å²) in [4.78, 5) is 4.51. The minimum absolute atomic E-state index is 0.185. The van der Waals surface area contributed by atoms with E-state index in [-0.39, 0.29) is 6.04 Å². The topological polar surface area (TPSA) is 57.9 Å². The van der Waals surface area contributed by atoms with E-state index in [9.17, 15) is 0 Å². The number of nitriles is 1. The maximum Gasteiger partial charge on any atom is 0.119 e. The minimum Gasteiger partial charge on any atom is -0.497 e. The molecule has 2 aromatic rings. The van der Waals surface area contributed by atoms with Crippen molar-refractivity contribution in [3.05, 3.63) is 53.2 Å². The van der Waals surface area contributed by atoms with Crippen molar-refractivity contribution in [2.24, 2.45) is 0 Å². The zero-order valence-electron chi connectivity index (χ0n) is 13.0. The zero-order chi connectivity index (χ0) is 15.9. The number of rotatable bonds is 6. The van der Waals surface area contributed by atoms with Crippen LogP contribution in [0.1, 0.15) is 29.8 Å². The van der Waals surface area contributed by atoms with Crippen LogP contribution in [0.25, 0.3) is 0 Å². The van der Waals surface area contributed by atoms with Crippen LogP contribution in [0.4, 0.5) is 0 Å². The molecule has 0 spiro atoms. The van der Waals surface area contributed by atoms with Gasteiger partial charge in [0.25, 0.3) is 0 Å². The third-order valence-electron chi connectivity index (χ3n) is 3.41. The largest absolute Gasteiger partial charge is 0.497 e. The number of nitrogens with one attached hydrogen (secondary N) is 1. The lowest BCUT2D eigenvalue weighted by Crippen LogP contribution is -2.19. The van der Waals surface area contributed by atoms with Crippen molar-refractivity contribution in [3.8, 4) is 11.8 Å². The van der Waals surface area contributed by atoms with Gasteiger partial charge in [-0.3, -0.25) is 0 Å². The Morgan fingerprint density at radius 2 is 2.18 bits per heavy atom. The molecule has 0 fully saturated rings. The van der Waals surface area contributed by atoms with Crippen molar-refractivity contribution in [2.45, 2.75) is 24.5 Å². The molecule has 1 N–H and O–H groups in total. The van der Waals surface area contributed by atoms with Crippen molar-refractivity contribution < 1.29 is 4.74 Å². The molecule has 0 saturated heterocycles. The second kappa shape index (κ2) is 7.83. The van der Waals surface area contributed by atoms with E-state index in [1.165, 1.54) is 11.8 Å². The quantitative estimate of drug-likeness (QED) is 0.827. The van der Waals surface area contributed by atoms with Gasteiger partial charge in [0.15, 0.2) is 0 Å². The molecule has 0 saturated carbocycles. The number of thioether (sulfide) groups is 1. The highest BCUT2D eigenvalue weighted by Crippen LogP contribution is 2.20. The number of benzene rings is 1. The average molecular weight is 313 g/mol. The van der Waals surface area contributed by atoms with Crippen LogP contribution in [0, 0.1) is 11.3 Å². The molecular weight excluding hydrogens is 294 g/mol. The molecule has 0 aliphatic carbocycles. The number of pyridine rings is 1. The number of nitrogens with zero attached hydrogens (tertiary/aromatic N) is 2. The highest BCUT2D eigenvalue weighted by Gasteiger charge is 2.08. The number of methoxy groups -OCH3 is 1. The zero-order valence-corrected chi connectivity index (χ0v) is 13.8. The van der Waals surface area contributed by atoms with Gasteiger partial charge in [-0.2, -0.15) is 5.26 Å². The van der Waals surface area contributed by atoms with Crippen LogP contribution in [0.3, 0.4) is 0 Å². The Hall–Kier alpha value is -2.03. The summed E-state index contributed by atoms with van der Waals surface area (Å²) in [7, 11) is 1.67. The molecule has 2 rings (SSSR count). The molecule has 0 aliphatic rings. The van der Waals surface area contributed by atoms with E-state index >= 15 is 0 Å². The second-order valence-corrected chi connectivity index (χ2v) is 5.65. The molecular formula is C17H19N3OS. The van der Waals surface area contributed by atoms with Crippen molar-refractivity contribution >= 4 is 11.8 Å². The van der Waals surface area contributed by atoms with Gasteiger partial charge in [0.2, 0.25) is 0 Å². The number of aromatic nitrogens is 1. The van der Waals surface area contributed by atoms with Gasteiger partial charge in [-0.15, -0.1) is 11.8 Å². The van der Waals surface area contributed by atoms with Crippen LogP contribution < -0.4 is 10.1 Å². The Bertz CT molecular complexity index is 682. The van der Waals surface area contributed by atoms with Gasteiger partial charge in [0.1, 0.15) is 16.8 Å². The van der Waals surface area contributed by atoms with E-state index in [1.54, 1.807) is 7.11 Å². The van der Waals surface area contributed by atoms with E-state index in [0.29, 0.717) is 12.1 Å². The highest BCUT2D eigenvalue weighted by atomic mass is 32.2. The molecule has 1 aromatic carbocycles. The summed E-state index contributed by atoms with van der Waals surface area (Å²) >= 11 is 1.49. The summed E-state index contributed by atoms with van der Waals surface area (Å²) in [5.41, 5.74) is 2.72. The van der Waals surface area contributed by atoms with Crippen LogP contribution in [0.15, 0.2) is 41.4 Å². The van der Waals surface area contributed by atoms with Crippen molar-refractivity contribution in [1.29, 1.82) is 5.26 Å². The summed E-state index contributed by atoms with van der Waals surface area (Å²) in [6.07, 6.45) is 1.93. The van der Waals surface area contributed by atoms with E-state index in [2.05, 4.69) is 29.4 Å². The maximum absolute atomic E-state index is 9.03. The van der Waals surface area contributed by atoms with Crippen LogP contribution in [-0.4, -0.2) is 18.3 Å². The molecule has 1 aromatic heterocycles. The second-order valence-electron chi connectivity index (χ2n) is 4.85. The number of ether oxygens (including phenoxy) is 1. The monoisotopic (exact) mass is 313 g/mol. The standard InChI is InChI=1S/C17H19N3OS/c1-12(13-5-4-6-16(9-13)21-2)19-11-15-8-7-14(10-18)17(20-15)22-3/h4-9,12,19H,11H2,1-3H3. The summed E-state index contributed by atoms with van der Waals surface area (Å²) in [6.45, 7) is 2.76. The third kappa shape index (κ3) is 4.00. The molecule has 4 nitrogen and oxygen atoms in total. The lowest BCUT2D eigenvalue weighted by molar-refractivity contribution is 0.413. The Kier molecular flexibility index (Phi) is 5.82. The average Bonchev–Trinajstić information content (AvgIpc) is 2.59. The van der Waals surface area contributed by atoms with Crippen molar-refractivity contribution in [2.75, 3.05) is 13.4 Å². The predicted molar refractivity (Wildman–Crippen MR) is 89.0 cm³/mol. The SMILES string of the molecule is COc1cccc(C(C)NCc2ccc(C#N)c(SC)n2)c1. The minimum atomic E-state index is 0.185. The van der Waals surface area contributed by atoms with Gasteiger partial charge in [-0.25, -0.2) is 4.98 Å². The van der Waals surface area contributed by atoms with Gasteiger partial charge in [-0.05, 0) is 43.0 Å². The summed E-state index contributed by atoms with van der Waals surface area (Å²) in [5.74, 6) is 0.854. The number of hydrogen-bond donors (Lipinski definition) is 1. The maximum atomic E-state index is 9.03. The first kappa shape index (κ1) is 16.3. The molecule has 5 heteroatoms. The Morgan fingerprint density at radius 3 is 2.86 bits per heavy atom. The fourth-order valence-corrected chi connectivity index (χ4v) is 2.65. The van der Waals surface area contributed by atoms with Crippen LogP contribution in [0.2, 0.25) is 0 Å². The predicted octanol–water partition coefficient (Wildman–Crippen LogP) is 3.53. The summed E-state index contributed by atoms with van der Waals surface area (Å²) < 4.78 is 5.25. The first-order valence-electron chi connectivity index (χ1n) is 6.99. The van der Waals surface area contributed by atoms with Crippen LogP contribution >= 0.6 is 11.8 Å². The molecule has 0 aliphatic heterocycles. The van der Waals surface area contributed by atoms with Crippen LogP contribution in [0.5, 0.6) is 5.75 Å². The van der Waals surface area contributed by atoms with Gasteiger partial charge < -0.3 is 10.1 Å². The van der Waals surface area contributed by atoms with Crippen LogP contribution in [-0.2, 0) is 6.54 Å². The normalized spacial score (nSPS) is 11.7. The molecule has 1 heterocycles. The van der Waals surface area contributed by atoms with Crippen molar-refractivity contribution in [3.63, 3.8) is 0 Å². The van der Waals surface area contributed by atoms with Gasteiger partial charge in [-0.1, -0.05) is 12.1 Å². The first-order valence-corrected chi connectivity index (χ1v) is 8.21. The summed E-state index contributed by atoms with van der Waals surface area (Å²) in [5, 5.41) is 13.2. The van der Waals surface area contributed by atoms with Gasteiger partial charge in [0.05, 0.1) is 18.4 Å². The fourth-order valence-electron chi connectivity index (χ4n) is 2.10. The highest BCUT2D eigenvalue weighted by molar-refractivity contribution is 7.98. The lowest BCUT2D eigenvalue weighted by Gasteiger charge is -2.15. The fraction of sp³-hybridized carbons (Fsp3) is 0.294. The first-order chi connectivity index (χ1) is 10.7. The molecule has 1 unspecified atom stereocenters. The molecule has 22 heavy (non-hydrogen) atoms. The smallest absolute Gasteiger partial charge is 0.119 e. The van der Waals surface area contributed by atoms with Crippen molar-refractivity contribution in [1.82, 2.24) is 10.3 Å². The summed E-state index contributed by atoms with van der Waals surface area (Å²) in [6, 6.07) is 14.1. The van der Waals surface area contributed by atoms with E-state index < -0.39 is 0 Å². The molecule has 0 radical (unpaired) electrons. The van der Waals surface area contributed by atoms with Gasteiger partial charge >= 0.3 is 0 Å². The Labute approximate surface area is 135 Å². The molecule has 114 valence electrons. The molecule has 0 amide bonds. The van der Waals surface area contributed by atoms with E-state index in [0.717, 1.165) is 22.0 Å². The van der Waals surface area contributed by atoms with E-state index in [1.807, 2.05) is 36.6 Å². The van der Waals surface area contributed by atoms with E-state index in [4.69, 9.17) is 10.00 Å². The number of hydrogen-bond acceptors (Lipinski definition) is 5. The molecule has 0 bridgehead atoms.